The summed E-state index contributed by atoms with van der Waals surface area (Å²) in [6, 6.07) is 10.6. The first-order valence-corrected chi connectivity index (χ1v) is 12.8. The van der Waals surface area contributed by atoms with Gasteiger partial charge in [0.15, 0.2) is 11.5 Å². The molecule has 0 radical (unpaired) electrons. The predicted molar refractivity (Wildman–Crippen MR) is 123 cm³/mol. The Kier molecular flexibility index (Phi) is 5.92. The molecular weight excluding hydrogens is 444 g/mol. The molecule has 8 nitrogen and oxygen atoms in total. The van der Waals surface area contributed by atoms with Crippen LogP contribution in [0.5, 0.6) is 17.2 Å². The maximum atomic E-state index is 13.4. The third-order valence-corrected chi connectivity index (χ3v) is 8.52. The Labute approximate surface area is 194 Å². The molecule has 0 saturated carbocycles. The van der Waals surface area contributed by atoms with Crippen molar-refractivity contribution in [1.82, 2.24) is 4.31 Å². The van der Waals surface area contributed by atoms with Crippen LogP contribution in [-0.4, -0.2) is 58.6 Å². The van der Waals surface area contributed by atoms with E-state index < -0.39 is 10.0 Å². The molecule has 9 heteroatoms. The van der Waals surface area contributed by atoms with Gasteiger partial charge in [0.2, 0.25) is 15.9 Å². The van der Waals surface area contributed by atoms with Gasteiger partial charge in [0, 0.05) is 37.3 Å². The molecule has 0 bridgehead atoms. The molecule has 0 aliphatic carbocycles. The minimum atomic E-state index is -3.67. The van der Waals surface area contributed by atoms with E-state index in [9.17, 15) is 13.2 Å². The summed E-state index contributed by atoms with van der Waals surface area (Å²) in [4.78, 5) is 15.4. The third kappa shape index (κ3) is 4.15. The summed E-state index contributed by atoms with van der Waals surface area (Å²) in [6.07, 6.45) is 2.83. The van der Waals surface area contributed by atoms with Crippen LogP contribution in [0.3, 0.4) is 0 Å². The van der Waals surface area contributed by atoms with Crippen molar-refractivity contribution in [2.24, 2.45) is 5.92 Å². The number of anilines is 1. The predicted octanol–water partition coefficient (Wildman–Crippen LogP) is 2.85. The lowest BCUT2D eigenvalue weighted by Crippen LogP contribution is -2.45. The highest BCUT2D eigenvalue weighted by atomic mass is 32.2. The molecule has 0 atom stereocenters. The molecule has 3 aliphatic rings. The second-order valence-corrected chi connectivity index (χ2v) is 10.5. The molecule has 5 rings (SSSR count). The summed E-state index contributed by atoms with van der Waals surface area (Å²) in [5.41, 5.74) is 2.06. The average molecular weight is 473 g/mol. The SMILES string of the molecule is COc1ccc2c(c1)CCCN2C(=O)C1CCN(S(=O)(=O)c2ccc3c(c2)OCCO3)CC1. The lowest BCUT2D eigenvalue weighted by atomic mass is 9.94. The number of rotatable bonds is 4. The van der Waals surface area contributed by atoms with Gasteiger partial charge in [0.05, 0.1) is 12.0 Å². The molecule has 2 aromatic rings. The fourth-order valence-electron chi connectivity index (χ4n) is 4.83. The zero-order chi connectivity index (χ0) is 23.0. The molecule has 1 amide bonds. The third-order valence-electron chi connectivity index (χ3n) is 6.63. The standard InChI is InChI=1S/C24H28N2O6S/c1-30-19-4-6-21-18(15-19)3-2-10-26(21)24(27)17-8-11-25(12-9-17)33(28,29)20-5-7-22-23(16-20)32-14-13-31-22/h4-7,15-17H,2-3,8-14H2,1H3. The van der Waals surface area contributed by atoms with E-state index in [1.165, 1.54) is 10.4 Å². The molecule has 2 aromatic carbocycles. The molecular formula is C24H28N2O6S. The van der Waals surface area contributed by atoms with Crippen molar-refractivity contribution in [3.8, 4) is 17.2 Å². The van der Waals surface area contributed by atoms with Crippen LogP contribution in [0.1, 0.15) is 24.8 Å². The quantitative estimate of drug-likeness (QED) is 0.680. The maximum Gasteiger partial charge on any atom is 0.243 e. The minimum Gasteiger partial charge on any atom is -0.497 e. The van der Waals surface area contributed by atoms with E-state index in [1.807, 2.05) is 23.1 Å². The number of methoxy groups -OCH3 is 1. The lowest BCUT2D eigenvalue weighted by molar-refractivity contribution is -0.123. The number of fused-ring (bicyclic) bond motifs is 2. The highest BCUT2D eigenvalue weighted by molar-refractivity contribution is 7.89. The Morgan fingerprint density at radius 3 is 2.52 bits per heavy atom. The fraction of sp³-hybridized carbons (Fsp3) is 0.458. The van der Waals surface area contributed by atoms with Crippen LogP contribution in [0.2, 0.25) is 0 Å². The lowest BCUT2D eigenvalue weighted by Gasteiger charge is -2.36. The number of piperidine rings is 1. The Hall–Kier alpha value is -2.78. The number of ether oxygens (including phenoxy) is 3. The van der Waals surface area contributed by atoms with E-state index in [0.717, 1.165) is 29.8 Å². The topological polar surface area (TPSA) is 85.4 Å². The number of carbonyl (C=O) groups excluding carboxylic acids is 1. The van der Waals surface area contributed by atoms with Gasteiger partial charge >= 0.3 is 0 Å². The summed E-state index contributed by atoms with van der Waals surface area (Å²) in [5.74, 6) is 1.69. The van der Waals surface area contributed by atoms with E-state index in [-0.39, 0.29) is 16.7 Å². The van der Waals surface area contributed by atoms with Gasteiger partial charge < -0.3 is 19.1 Å². The molecule has 1 saturated heterocycles. The zero-order valence-corrected chi connectivity index (χ0v) is 19.5. The van der Waals surface area contributed by atoms with Gasteiger partial charge in [-0.3, -0.25) is 4.79 Å². The van der Waals surface area contributed by atoms with Crippen LogP contribution in [0, 0.1) is 5.92 Å². The fourth-order valence-corrected chi connectivity index (χ4v) is 6.31. The number of benzene rings is 2. The molecule has 176 valence electrons. The second kappa shape index (κ2) is 8.87. The first kappa shape index (κ1) is 22.0. The Balaban J connectivity index is 1.27. The molecule has 33 heavy (non-hydrogen) atoms. The van der Waals surface area contributed by atoms with Gasteiger partial charge in [-0.05, 0) is 61.6 Å². The van der Waals surface area contributed by atoms with Crippen LogP contribution in [-0.2, 0) is 21.2 Å². The highest BCUT2D eigenvalue weighted by Crippen LogP contribution is 2.36. The van der Waals surface area contributed by atoms with Crippen LogP contribution in [0.15, 0.2) is 41.3 Å². The van der Waals surface area contributed by atoms with Crippen molar-refractivity contribution in [1.29, 1.82) is 0 Å². The molecule has 3 aliphatic heterocycles. The van der Waals surface area contributed by atoms with Crippen molar-refractivity contribution >= 4 is 21.6 Å². The highest BCUT2D eigenvalue weighted by Gasteiger charge is 2.35. The van der Waals surface area contributed by atoms with Gasteiger partial charge in [-0.1, -0.05) is 0 Å². The van der Waals surface area contributed by atoms with Crippen molar-refractivity contribution in [3.05, 3.63) is 42.0 Å². The van der Waals surface area contributed by atoms with Gasteiger partial charge in [-0.2, -0.15) is 4.31 Å². The number of aryl methyl sites for hydroxylation is 1. The Bertz CT molecular complexity index is 1160. The molecule has 0 aromatic heterocycles. The smallest absolute Gasteiger partial charge is 0.243 e. The normalized spacial score (nSPS) is 19.1. The molecule has 0 N–H and O–H groups in total. The molecule has 0 unspecified atom stereocenters. The van der Waals surface area contributed by atoms with E-state index >= 15 is 0 Å². The molecule has 0 spiro atoms. The largest absolute Gasteiger partial charge is 0.497 e. The van der Waals surface area contributed by atoms with E-state index in [2.05, 4.69) is 0 Å². The van der Waals surface area contributed by atoms with Gasteiger partial charge in [0.25, 0.3) is 0 Å². The number of hydrogen-bond donors (Lipinski definition) is 0. The first-order chi connectivity index (χ1) is 16.0. The van der Waals surface area contributed by atoms with Gasteiger partial charge in [-0.15, -0.1) is 0 Å². The summed E-state index contributed by atoms with van der Waals surface area (Å²) < 4.78 is 44.2. The minimum absolute atomic E-state index is 0.0810. The first-order valence-electron chi connectivity index (χ1n) is 11.4. The van der Waals surface area contributed by atoms with E-state index in [0.29, 0.717) is 57.2 Å². The van der Waals surface area contributed by atoms with Crippen molar-refractivity contribution in [3.63, 3.8) is 0 Å². The van der Waals surface area contributed by atoms with Crippen LogP contribution in [0.4, 0.5) is 5.69 Å². The zero-order valence-electron chi connectivity index (χ0n) is 18.7. The Morgan fingerprint density at radius 2 is 1.76 bits per heavy atom. The van der Waals surface area contributed by atoms with Crippen molar-refractivity contribution < 1.29 is 27.4 Å². The van der Waals surface area contributed by atoms with Crippen LogP contribution in [0.25, 0.3) is 0 Å². The number of hydrogen-bond acceptors (Lipinski definition) is 6. The van der Waals surface area contributed by atoms with Crippen LogP contribution < -0.4 is 19.1 Å². The van der Waals surface area contributed by atoms with E-state index in [1.54, 1.807) is 19.2 Å². The maximum absolute atomic E-state index is 13.4. The summed E-state index contributed by atoms with van der Waals surface area (Å²) in [7, 11) is -2.03. The van der Waals surface area contributed by atoms with Crippen molar-refractivity contribution in [2.75, 3.05) is 44.9 Å². The summed E-state index contributed by atoms with van der Waals surface area (Å²) in [6.45, 7) is 2.17. The Morgan fingerprint density at radius 1 is 1.00 bits per heavy atom. The second-order valence-electron chi connectivity index (χ2n) is 8.57. The summed E-state index contributed by atoms with van der Waals surface area (Å²) in [5, 5.41) is 0. The van der Waals surface area contributed by atoms with Crippen molar-refractivity contribution in [2.45, 2.75) is 30.6 Å². The number of sulfonamides is 1. The van der Waals surface area contributed by atoms with Gasteiger partial charge in [0.1, 0.15) is 19.0 Å². The summed E-state index contributed by atoms with van der Waals surface area (Å²) >= 11 is 0. The average Bonchev–Trinajstić information content (AvgIpc) is 2.87. The number of nitrogens with zero attached hydrogens (tertiary/aromatic N) is 2. The van der Waals surface area contributed by atoms with Gasteiger partial charge in [-0.25, -0.2) is 8.42 Å². The number of amides is 1. The number of carbonyl (C=O) groups is 1. The van der Waals surface area contributed by atoms with E-state index in [4.69, 9.17) is 14.2 Å². The molecule has 1 fully saturated rings. The molecule has 3 heterocycles. The monoisotopic (exact) mass is 472 g/mol. The van der Waals surface area contributed by atoms with Crippen LogP contribution >= 0.6 is 0 Å².